The molecule has 10 atom stereocenters. The van der Waals surface area contributed by atoms with Gasteiger partial charge in [-0.1, -0.05) is 94.4 Å². The van der Waals surface area contributed by atoms with Gasteiger partial charge >= 0.3 is 11.9 Å². The highest BCUT2D eigenvalue weighted by atomic mass is 16.6. The van der Waals surface area contributed by atoms with E-state index in [0.717, 1.165) is 0 Å². The zero-order chi connectivity index (χ0) is 40.9. The van der Waals surface area contributed by atoms with Crippen LogP contribution in [-0.4, -0.2) is 87.8 Å². The Kier molecular flexibility index (Phi) is 10.7. The molecule has 0 radical (unpaired) electrons. The molecule has 3 aromatic carbocycles. The summed E-state index contributed by atoms with van der Waals surface area (Å²) in [4.78, 5) is 56.3. The summed E-state index contributed by atoms with van der Waals surface area (Å²) in [6, 6.07) is 24.4. The molecule has 1 heterocycles. The third-order valence-electron chi connectivity index (χ3n) is 13.3. The summed E-state index contributed by atoms with van der Waals surface area (Å²) >= 11 is 0. The maximum Gasteiger partial charge on any atom is 0.345 e. The van der Waals surface area contributed by atoms with Crippen LogP contribution >= 0.6 is 0 Å². The molecule has 12 nitrogen and oxygen atoms in total. The third-order valence-corrected chi connectivity index (χ3v) is 13.3. The number of benzene rings is 3. The first-order valence-electron chi connectivity index (χ1n) is 19.5. The number of Topliss-reactive ketones (excluding diaryl/α,β-unsaturated/α-hetero) is 1. The second-order valence-electron chi connectivity index (χ2n) is 16.8. The van der Waals surface area contributed by atoms with Gasteiger partial charge in [0, 0.05) is 28.7 Å². The number of amides is 1. The molecule has 9 unspecified atom stereocenters. The smallest absolute Gasteiger partial charge is 0.345 e. The van der Waals surface area contributed by atoms with E-state index in [-0.39, 0.29) is 18.6 Å². The van der Waals surface area contributed by atoms with Crippen molar-refractivity contribution in [1.82, 2.24) is 5.32 Å². The minimum atomic E-state index is -1.90. The van der Waals surface area contributed by atoms with E-state index in [0.29, 0.717) is 35.3 Å². The maximum absolute atomic E-state index is 15.2. The molecular formula is C45H51NO11. The third kappa shape index (κ3) is 6.86. The molecule has 7 rings (SSSR count). The van der Waals surface area contributed by atoms with Crippen molar-refractivity contribution in [1.29, 1.82) is 0 Å². The largest absolute Gasteiger partial charge is 0.482 e. The number of hydrogen-bond donors (Lipinski definition) is 4. The number of rotatable bonds is 10. The van der Waals surface area contributed by atoms with Gasteiger partial charge in [-0.25, -0.2) is 9.59 Å². The summed E-state index contributed by atoms with van der Waals surface area (Å²) in [5, 5.41) is 39.9. The highest BCUT2D eigenvalue weighted by Crippen LogP contribution is 2.64. The number of aliphatic hydroxyl groups is 3. The lowest BCUT2D eigenvalue weighted by atomic mass is 9.43. The fourth-order valence-electron chi connectivity index (χ4n) is 10.2. The normalized spacial score (nSPS) is 32.5. The van der Waals surface area contributed by atoms with Crippen molar-refractivity contribution in [3.05, 3.63) is 113 Å². The molecule has 0 aromatic heterocycles. The number of nitrogens with one attached hydrogen (secondary N) is 1. The Balaban J connectivity index is 1.27. The molecule has 3 aliphatic carbocycles. The first kappa shape index (κ1) is 40.3. The molecule has 4 N–H and O–H groups in total. The highest BCUT2D eigenvalue weighted by molar-refractivity contribution is 5.95. The highest BCUT2D eigenvalue weighted by Gasteiger charge is 2.72. The Labute approximate surface area is 332 Å². The second-order valence-corrected chi connectivity index (χ2v) is 16.8. The van der Waals surface area contributed by atoms with Gasteiger partial charge < -0.3 is 39.6 Å². The zero-order valence-electron chi connectivity index (χ0n) is 32.8. The lowest BCUT2D eigenvalue weighted by Gasteiger charge is -2.66. The van der Waals surface area contributed by atoms with Crippen LogP contribution in [0.4, 0.5) is 0 Å². The summed E-state index contributed by atoms with van der Waals surface area (Å²) in [6.07, 6.45) is -4.68. The lowest BCUT2D eigenvalue weighted by Crippen LogP contribution is -2.76. The van der Waals surface area contributed by atoms with E-state index in [9.17, 15) is 29.7 Å². The Morgan fingerprint density at radius 1 is 0.912 bits per heavy atom. The van der Waals surface area contributed by atoms with Crippen LogP contribution in [0.25, 0.3) is 0 Å². The number of carbonyl (C=O) groups excluding carboxylic acids is 4. The van der Waals surface area contributed by atoms with Gasteiger partial charge in [0.2, 0.25) is 0 Å². The van der Waals surface area contributed by atoms with Crippen molar-refractivity contribution >= 4 is 23.6 Å². The van der Waals surface area contributed by atoms with E-state index in [1.807, 2.05) is 0 Å². The van der Waals surface area contributed by atoms with Crippen LogP contribution < -0.4 is 10.1 Å². The lowest BCUT2D eigenvalue weighted by molar-refractivity contribution is -0.320. The predicted molar refractivity (Wildman–Crippen MR) is 207 cm³/mol. The van der Waals surface area contributed by atoms with Crippen molar-refractivity contribution in [3.8, 4) is 5.75 Å². The standard InChI is InChI=1S/C45H51NO11/c1-26-31(56-41(51)36(48)35(28-15-9-6-10-16-28)46-40(50)29-17-11-7-12-18-29)23-45(53)27(2)38-43(5,22-21-32-44(38,52)25-55-32)39(49)37(34(26)42(45,3)4)57-33(47)24-54-30-19-13-8-14-20-30/h6-20,27,31-32,35-38,48,52-53H,21-25H2,1-5H3,(H,46,50)/t27?,31?,32?,35?,36?,37?,38?,43-,44?,45?/m1/s1. The zero-order valence-corrected chi connectivity index (χ0v) is 32.8. The molecule has 1 aliphatic heterocycles. The van der Waals surface area contributed by atoms with Crippen LogP contribution in [0.15, 0.2) is 102 Å². The Morgan fingerprint density at radius 2 is 1.53 bits per heavy atom. The molecule has 3 fully saturated rings. The number of ether oxygens (including phenoxy) is 4. The number of fused-ring (bicyclic) bond motifs is 5. The Morgan fingerprint density at radius 3 is 2.14 bits per heavy atom. The Hall–Kier alpha value is -4.88. The van der Waals surface area contributed by atoms with Crippen LogP contribution in [0.1, 0.15) is 75.8 Å². The maximum atomic E-state index is 15.2. The number of para-hydroxylation sites is 1. The van der Waals surface area contributed by atoms with E-state index in [2.05, 4.69) is 5.32 Å². The average Bonchev–Trinajstić information content (AvgIpc) is 3.20. The summed E-state index contributed by atoms with van der Waals surface area (Å²) in [5.74, 6) is -4.08. The summed E-state index contributed by atoms with van der Waals surface area (Å²) in [7, 11) is 0. The van der Waals surface area contributed by atoms with Gasteiger partial charge in [-0.15, -0.1) is 0 Å². The molecule has 1 amide bonds. The number of carbonyl (C=O) groups is 4. The van der Waals surface area contributed by atoms with Crippen LogP contribution in [-0.2, 0) is 28.6 Å². The fraction of sp³-hybridized carbons (Fsp3) is 0.467. The van der Waals surface area contributed by atoms with Gasteiger partial charge in [0.05, 0.1) is 24.4 Å². The second kappa shape index (κ2) is 15.1. The fourth-order valence-corrected chi connectivity index (χ4v) is 10.2. The number of esters is 2. The van der Waals surface area contributed by atoms with Crippen molar-refractivity contribution in [2.45, 2.75) is 95.5 Å². The van der Waals surface area contributed by atoms with E-state index in [1.165, 1.54) is 0 Å². The molecule has 4 aliphatic rings. The van der Waals surface area contributed by atoms with Crippen molar-refractivity contribution in [3.63, 3.8) is 0 Å². The van der Waals surface area contributed by atoms with Crippen LogP contribution in [0.5, 0.6) is 5.75 Å². The van der Waals surface area contributed by atoms with Crippen LogP contribution in [0, 0.1) is 22.7 Å². The number of aliphatic hydroxyl groups excluding tert-OH is 1. The minimum Gasteiger partial charge on any atom is -0.482 e. The number of ketones is 1. The SMILES string of the molecule is CC1=C2C(OC(=O)COc3ccccc3)C(=O)[C@]3(C)CCC4OCC4(O)C3C(C)C(O)(CC1OC(=O)C(O)C(NC(=O)c1ccccc1)c1ccccc1)C2(C)C. The molecule has 1 saturated heterocycles. The molecular weight excluding hydrogens is 730 g/mol. The number of hydrogen-bond acceptors (Lipinski definition) is 11. The minimum absolute atomic E-state index is 0.0384. The van der Waals surface area contributed by atoms with Crippen LogP contribution in [0.2, 0.25) is 0 Å². The first-order valence-corrected chi connectivity index (χ1v) is 19.5. The van der Waals surface area contributed by atoms with Crippen LogP contribution in [0.3, 0.4) is 0 Å². The van der Waals surface area contributed by atoms with Crippen molar-refractivity contribution < 1.29 is 53.4 Å². The summed E-state index contributed by atoms with van der Waals surface area (Å²) in [6.45, 7) is 8.20. The van der Waals surface area contributed by atoms with E-state index in [1.54, 1.807) is 126 Å². The first-order chi connectivity index (χ1) is 27.0. The van der Waals surface area contributed by atoms with E-state index in [4.69, 9.17) is 18.9 Å². The molecule has 57 heavy (non-hydrogen) atoms. The average molecular weight is 782 g/mol. The van der Waals surface area contributed by atoms with Gasteiger partial charge in [-0.2, -0.15) is 0 Å². The summed E-state index contributed by atoms with van der Waals surface area (Å²) in [5.41, 5.74) is -4.35. The van der Waals surface area contributed by atoms with Crippen molar-refractivity contribution in [2.75, 3.05) is 13.2 Å². The summed E-state index contributed by atoms with van der Waals surface area (Å²) < 4.78 is 23.7. The monoisotopic (exact) mass is 781 g/mol. The molecule has 2 bridgehead atoms. The molecule has 302 valence electrons. The topological polar surface area (TPSA) is 178 Å². The van der Waals surface area contributed by atoms with E-state index < -0.39 is 94.6 Å². The molecule has 3 aromatic rings. The van der Waals surface area contributed by atoms with Crippen molar-refractivity contribution in [2.24, 2.45) is 22.7 Å². The van der Waals surface area contributed by atoms with Gasteiger partial charge in [0.25, 0.3) is 5.91 Å². The molecule has 12 heteroatoms. The molecule has 2 saturated carbocycles. The quantitative estimate of drug-likeness (QED) is 0.166. The molecule has 0 spiro atoms. The Bertz CT molecular complexity index is 2040. The van der Waals surface area contributed by atoms with Gasteiger partial charge in [0.1, 0.15) is 17.5 Å². The van der Waals surface area contributed by atoms with E-state index >= 15 is 4.79 Å². The van der Waals surface area contributed by atoms with Gasteiger partial charge in [0.15, 0.2) is 24.6 Å². The van der Waals surface area contributed by atoms with Gasteiger partial charge in [-0.3, -0.25) is 9.59 Å². The van der Waals surface area contributed by atoms with Gasteiger partial charge in [-0.05, 0) is 66.7 Å². The predicted octanol–water partition coefficient (Wildman–Crippen LogP) is 4.66.